The van der Waals surface area contributed by atoms with Gasteiger partial charge in [0.15, 0.2) is 5.82 Å². The molecule has 4 aromatic rings. The van der Waals surface area contributed by atoms with Crippen LogP contribution in [0.5, 0.6) is 17.4 Å². The lowest BCUT2D eigenvalue weighted by Crippen LogP contribution is -2.21. The number of aryl methyl sites for hydroxylation is 1. The van der Waals surface area contributed by atoms with Crippen LogP contribution in [-0.2, 0) is 21.3 Å². The molecule has 0 amide bonds. The average molecular weight is 471 g/mol. The molecule has 0 bridgehead atoms. The Kier molecular flexibility index (Phi) is 6.38. The molecular formula is C21H22N6O5S. The van der Waals surface area contributed by atoms with Crippen molar-refractivity contribution < 1.29 is 22.1 Å². The Morgan fingerprint density at radius 1 is 1.09 bits per heavy atom. The Hall–Kier alpha value is -3.77. The summed E-state index contributed by atoms with van der Waals surface area (Å²) in [4.78, 5) is 12.8. The van der Waals surface area contributed by atoms with Crippen molar-refractivity contribution in [2.45, 2.75) is 13.0 Å². The van der Waals surface area contributed by atoms with Crippen LogP contribution in [0, 0.1) is 0 Å². The van der Waals surface area contributed by atoms with Crippen LogP contribution in [0.1, 0.15) is 6.92 Å². The van der Waals surface area contributed by atoms with E-state index in [1.54, 1.807) is 29.8 Å². The van der Waals surface area contributed by atoms with Crippen LogP contribution in [0.25, 0.3) is 10.9 Å². The van der Waals surface area contributed by atoms with Crippen LogP contribution in [0.3, 0.4) is 0 Å². The highest BCUT2D eigenvalue weighted by atomic mass is 32.2. The third-order valence-corrected chi connectivity index (χ3v) is 5.00. The van der Waals surface area contributed by atoms with Crippen LogP contribution < -0.4 is 14.8 Å². The monoisotopic (exact) mass is 470 g/mol. The van der Waals surface area contributed by atoms with Gasteiger partial charge in [0, 0.05) is 30.8 Å². The highest BCUT2D eigenvalue weighted by molar-refractivity contribution is 7.86. The van der Waals surface area contributed by atoms with Crippen LogP contribution >= 0.6 is 0 Å². The van der Waals surface area contributed by atoms with Crippen LogP contribution in [0.4, 0.5) is 11.6 Å². The largest absolute Gasteiger partial charge is 0.489 e. The topological polar surface area (TPSA) is 130 Å². The zero-order chi connectivity index (χ0) is 23.4. The fraction of sp³-hybridized carbons (Fsp3) is 0.238. The molecule has 1 N–H and O–H groups in total. The lowest BCUT2D eigenvalue weighted by molar-refractivity contribution is 0.149. The van der Waals surface area contributed by atoms with E-state index in [2.05, 4.69) is 25.4 Å². The maximum Gasteiger partial charge on any atom is 0.264 e. The summed E-state index contributed by atoms with van der Waals surface area (Å²) in [5.74, 6) is 2.64. The fourth-order valence-corrected chi connectivity index (χ4v) is 3.63. The molecule has 33 heavy (non-hydrogen) atoms. The number of pyridine rings is 1. The second kappa shape index (κ2) is 9.38. The van der Waals surface area contributed by atoms with Gasteiger partial charge in [-0.15, -0.1) is 0 Å². The molecule has 1 unspecified atom stereocenters. The van der Waals surface area contributed by atoms with E-state index in [9.17, 15) is 8.42 Å². The van der Waals surface area contributed by atoms with Gasteiger partial charge in [0.05, 0.1) is 18.0 Å². The number of aromatic nitrogens is 5. The highest BCUT2D eigenvalue weighted by Gasteiger charge is 2.12. The Bertz CT molecular complexity index is 1360. The molecule has 0 fully saturated rings. The predicted molar refractivity (Wildman–Crippen MR) is 121 cm³/mol. The van der Waals surface area contributed by atoms with Gasteiger partial charge in [0.25, 0.3) is 10.1 Å². The van der Waals surface area contributed by atoms with E-state index in [1.165, 1.54) is 12.5 Å². The normalized spacial score (nSPS) is 12.5. The zero-order valence-corrected chi connectivity index (χ0v) is 19.0. The molecule has 4 rings (SSSR count). The van der Waals surface area contributed by atoms with Gasteiger partial charge in [0.1, 0.15) is 36.4 Å². The fourth-order valence-electron chi connectivity index (χ4n) is 2.97. The maximum atomic E-state index is 11.1. The third-order valence-electron chi connectivity index (χ3n) is 4.32. The zero-order valence-electron chi connectivity index (χ0n) is 18.2. The average Bonchev–Trinajstić information content (AvgIpc) is 3.17. The molecule has 0 saturated carbocycles. The van der Waals surface area contributed by atoms with Crippen molar-refractivity contribution in [2.75, 3.05) is 18.2 Å². The lowest BCUT2D eigenvalue weighted by atomic mass is 10.2. The standard InChI is InChI=1S/C21H22N6O5S/c1-14(32-33(3,28)29)12-30-16-5-7-20(22-11-16)31-15-4-6-18-17(10-15)21(24-13-23-18)25-19-8-9-27(2)26-19/h4-11,13-14H,12H2,1-3H3,(H,23,24,25,26). The summed E-state index contributed by atoms with van der Waals surface area (Å²) in [5.41, 5.74) is 0.748. The number of nitrogens with one attached hydrogen (secondary N) is 1. The molecule has 0 aliphatic carbocycles. The van der Waals surface area contributed by atoms with Crippen molar-refractivity contribution in [1.29, 1.82) is 0 Å². The van der Waals surface area contributed by atoms with Gasteiger partial charge in [-0.05, 0) is 31.2 Å². The third kappa shape index (κ3) is 6.14. The first-order chi connectivity index (χ1) is 15.7. The molecule has 172 valence electrons. The van der Waals surface area contributed by atoms with Crippen molar-refractivity contribution in [1.82, 2.24) is 24.7 Å². The number of hydrogen-bond donors (Lipinski definition) is 1. The van der Waals surface area contributed by atoms with Gasteiger partial charge in [-0.25, -0.2) is 15.0 Å². The minimum absolute atomic E-state index is 0.0612. The molecule has 0 saturated heterocycles. The van der Waals surface area contributed by atoms with Crippen LogP contribution in [-0.4, -0.2) is 52.1 Å². The first-order valence-corrected chi connectivity index (χ1v) is 11.7. The predicted octanol–water partition coefficient (Wildman–Crippen LogP) is 3.04. The van der Waals surface area contributed by atoms with E-state index in [0.717, 1.165) is 17.2 Å². The summed E-state index contributed by atoms with van der Waals surface area (Å²) in [6.07, 6.45) is 5.17. The number of nitrogens with zero attached hydrogens (tertiary/aromatic N) is 5. The smallest absolute Gasteiger partial charge is 0.264 e. The van der Waals surface area contributed by atoms with E-state index in [4.69, 9.17) is 13.7 Å². The second-order valence-corrected chi connectivity index (χ2v) is 8.86. The first kappa shape index (κ1) is 22.4. The van der Waals surface area contributed by atoms with Gasteiger partial charge in [-0.3, -0.25) is 8.86 Å². The first-order valence-electron chi connectivity index (χ1n) is 9.91. The Morgan fingerprint density at radius 3 is 2.61 bits per heavy atom. The summed E-state index contributed by atoms with van der Waals surface area (Å²) in [7, 11) is -1.70. The van der Waals surface area contributed by atoms with Gasteiger partial charge in [-0.2, -0.15) is 13.5 Å². The highest BCUT2D eigenvalue weighted by Crippen LogP contribution is 2.29. The quantitative estimate of drug-likeness (QED) is 0.364. The van der Waals surface area contributed by atoms with E-state index in [1.807, 2.05) is 31.4 Å². The van der Waals surface area contributed by atoms with Crippen LogP contribution in [0.2, 0.25) is 0 Å². The van der Waals surface area contributed by atoms with Crippen molar-refractivity contribution in [2.24, 2.45) is 7.05 Å². The molecule has 12 heteroatoms. The molecule has 3 aromatic heterocycles. The summed E-state index contributed by atoms with van der Waals surface area (Å²) >= 11 is 0. The molecular weight excluding hydrogens is 448 g/mol. The van der Waals surface area contributed by atoms with E-state index in [0.29, 0.717) is 29.0 Å². The summed E-state index contributed by atoms with van der Waals surface area (Å²) < 4.78 is 40.2. The molecule has 3 heterocycles. The van der Waals surface area contributed by atoms with Crippen molar-refractivity contribution >= 4 is 32.7 Å². The minimum atomic E-state index is -3.54. The number of fused-ring (bicyclic) bond motifs is 1. The van der Waals surface area contributed by atoms with E-state index < -0.39 is 16.2 Å². The van der Waals surface area contributed by atoms with Gasteiger partial charge < -0.3 is 14.8 Å². The van der Waals surface area contributed by atoms with Gasteiger partial charge in [0.2, 0.25) is 5.88 Å². The van der Waals surface area contributed by atoms with Crippen molar-refractivity contribution in [3.05, 3.63) is 55.1 Å². The van der Waals surface area contributed by atoms with Crippen molar-refractivity contribution in [3.63, 3.8) is 0 Å². The molecule has 0 radical (unpaired) electrons. The molecule has 11 nitrogen and oxygen atoms in total. The number of benzene rings is 1. The van der Waals surface area contributed by atoms with Crippen molar-refractivity contribution in [3.8, 4) is 17.4 Å². The molecule has 1 aromatic carbocycles. The summed E-state index contributed by atoms with van der Waals surface area (Å²) in [5, 5.41) is 8.26. The molecule has 1 atom stereocenters. The number of hydrogen-bond acceptors (Lipinski definition) is 10. The Labute approximate surface area is 190 Å². The number of ether oxygens (including phenoxy) is 2. The van der Waals surface area contributed by atoms with Gasteiger partial charge in [-0.1, -0.05) is 0 Å². The Balaban J connectivity index is 1.44. The number of anilines is 2. The minimum Gasteiger partial charge on any atom is -0.489 e. The Morgan fingerprint density at radius 2 is 1.91 bits per heavy atom. The second-order valence-electron chi connectivity index (χ2n) is 7.26. The molecule has 0 aliphatic rings. The molecule has 0 spiro atoms. The van der Waals surface area contributed by atoms with Crippen LogP contribution in [0.15, 0.2) is 55.1 Å². The van der Waals surface area contributed by atoms with E-state index in [-0.39, 0.29) is 6.61 Å². The molecule has 0 aliphatic heterocycles. The summed E-state index contributed by atoms with van der Waals surface area (Å²) in [6.45, 7) is 1.66. The van der Waals surface area contributed by atoms with Gasteiger partial charge >= 0.3 is 0 Å². The van der Waals surface area contributed by atoms with E-state index >= 15 is 0 Å². The maximum absolute atomic E-state index is 11.1. The lowest BCUT2D eigenvalue weighted by Gasteiger charge is -2.13. The SMILES string of the molecule is CC(COc1ccc(Oc2ccc3ncnc(Nc4ccn(C)n4)c3c2)nc1)OS(C)(=O)=O. The summed E-state index contributed by atoms with van der Waals surface area (Å²) in [6, 6.07) is 10.6. The number of rotatable bonds is 9.